The van der Waals surface area contributed by atoms with E-state index in [4.69, 9.17) is 4.74 Å². The first-order valence-electron chi connectivity index (χ1n) is 12.7. The number of ether oxygens (including phenoxy) is 1. The number of nitrogens with zero attached hydrogens (tertiary/aromatic N) is 2. The zero-order valence-electron chi connectivity index (χ0n) is 20.7. The van der Waals surface area contributed by atoms with Crippen LogP contribution < -0.4 is 0 Å². The third kappa shape index (κ3) is 3.91. The molecule has 4 aliphatic rings. The van der Waals surface area contributed by atoms with Crippen molar-refractivity contribution in [3.63, 3.8) is 0 Å². The molecule has 0 saturated carbocycles. The maximum Gasteiger partial charge on any atom is 0.311 e. The summed E-state index contributed by atoms with van der Waals surface area (Å²) in [5.74, 6) is -1.97. The first-order valence-corrected chi connectivity index (χ1v) is 13.6. The Morgan fingerprint density at radius 2 is 1.97 bits per heavy atom. The highest BCUT2D eigenvalue weighted by molar-refractivity contribution is 8.02. The number of aliphatic hydroxyl groups is 1. The summed E-state index contributed by atoms with van der Waals surface area (Å²) in [5.41, 5.74) is 0. The summed E-state index contributed by atoms with van der Waals surface area (Å²) in [4.78, 5) is 45.1. The van der Waals surface area contributed by atoms with Crippen LogP contribution in [0.4, 0.5) is 0 Å². The second-order valence-electron chi connectivity index (χ2n) is 10.1. The largest absolute Gasteiger partial charge is 0.465 e. The minimum atomic E-state index is -0.862. The van der Waals surface area contributed by atoms with Crippen molar-refractivity contribution in [3.05, 3.63) is 24.3 Å². The van der Waals surface area contributed by atoms with Crippen LogP contribution in [0.15, 0.2) is 24.3 Å². The van der Waals surface area contributed by atoms with Gasteiger partial charge in [0, 0.05) is 17.8 Å². The van der Waals surface area contributed by atoms with E-state index in [0.29, 0.717) is 19.6 Å². The molecule has 4 heterocycles. The predicted octanol–water partition coefficient (Wildman–Crippen LogP) is 2.78. The standard InChI is InChI=1S/C26H38N2O5S/c1-5-10-17(4)27-13-9-12-26-21(20-19(34-26)11-7-8-14-33-25(20)32)23(30)28(22(26)24(27)31)18(15-29)16(3)6-2/h7,9,11-12,16-22,29H,5-6,8,10,13-15H2,1-4H3/t16-,17?,18-,19+,20-,21-,22?,26-/m0/s1. The molecule has 0 bridgehead atoms. The fourth-order valence-electron chi connectivity index (χ4n) is 6.21. The fraction of sp³-hybridized carbons (Fsp3) is 0.731. The number of fused-ring (bicyclic) bond motifs is 2. The lowest BCUT2D eigenvalue weighted by atomic mass is 9.78. The minimum Gasteiger partial charge on any atom is -0.465 e. The Balaban J connectivity index is 1.86. The van der Waals surface area contributed by atoms with Gasteiger partial charge < -0.3 is 19.6 Å². The predicted molar refractivity (Wildman–Crippen MR) is 132 cm³/mol. The molecule has 0 aromatic heterocycles. The van der Waals surface area contributed by atoms with Gasteiger partial charge in [-0.1, -0.05) is 57.9 Å². The number of cyclic esters (lactones) is 1. The van der Waals surface area contributed by atoms with Gasteiger partial charge in [0.25, 0.3) is 0 Å². The van der Waals surface area contributed by atoms with Crippen LogP contribution in [0.1, 0.15) is 53.4 Å². The van der Waals surface area contributed by atoms with E-state index in [9.17, 15) is 19.5 Å². The van der Waals surface area contributed by atoms with E-state index in [0.717, 1.165) is 19.3 Å². The second-order valence-corrected chi connectivity index (χ2v) is 11.6. The molecule has 0 aliphatic carbocycles. The van der Waals surface area contributed by atoms with Crippen molar-refractivity contribution in [2.75, 3.05) is 19.8 Å². The molecule has 34 heavy (non-hydrogen) atoms. The normalized spacial score (nSPS) is 35.6. The number of likely N-dealkylation sites (tertiary alicyclic amines) is 1. The number of carbonyl (C=O) groups excluding carboxylic acids is 3. The highest BCUT2D eigenvalue weighted by atomic mass is 32.2. The van der Waals surface area contributed by atoms with E-state index >= 15 is 0 Å². The van der Waals surface area contributed by atoms with Crippen LogP contribution in [-0.4, -0.2) is 80.6 Å². The van der Waals surface area contributed by atoms with E-state index in [1.54, 1.807) is 16.7 Å². The highest BCUT2D eigenvalue weighted by Crippen LogP contribution is 2.61. The molecule has 0 radical (unpaired) electrons. The molecule has 0 aromatic rings. The van der Waals surface area contributed by atoms with Crippen LogP contribution in [0.25, 0.3) is 0 Å². The summed E-state index contributed by atoms with van der Waals surface area (Å²) < 4.78 is 4.66. The zero-order valence-corrected chi connectivity index (χ0v) is 21.5. The van der Waals surface area contributed by atoms with E-state index in [-0.39, 0.29) is 41.6 Å². The van der Waals surface area contributed by atoms with Gasteiger partial charge in [-0.15, -0.1) is 11.8 Å². The zero-order chi connectivity index (χ0) is 24.6. The summed E-state index contributed by atoms with van der Waals surface area (Å²) in [6.07, 6.45) is 11.3. The van der Waals surface area contributed by atoms with Crippen molar-refractivity contribution in [1.82, 2.24) is 9.80 Å². The van der Waals surface area contributed by atoms with Crippen LogP contribution in [0.3, 0.4) is 0 Å². The molecular formula is C26H38N2O5S. The van der Waals surface area contributed by atoms with Gasteiger partial charge in [0.1, 0.15) is 6.04 Å². The molecule has 8 heteroatoms. The monoisotopic (exact) mass is 490 g/mol. The van der Waals surface area contributed by atoms with Gasteiger partial charge in [0.2, 0.25) is 11.8 Å². The number of hydrogen-bond donors (Lipinski definition) is 1. The summed E-state index contributed by atoms with van der Waals surface area (Å²) in [6.45, 7) is 8.75. The molecule has 2 saturated heterocycles. The van der Waals surface area contributed by atoms with Crippen molar-refractivity contribution < 1.29 is 24.2 Å². The number of carbonyl (C=O) groups is 3. The Morgan fingerprint density at radius 1 is 1.21 bits per heavy atom. The molecule has 4 rings (SSSR count). The van der Waals surface area contributed by atoms with Crippen molar-refractivity contribution >= 4 is 29.5 Å². The van der Waals surface area contributed by atoms with Gasteiger partial charge in [-0.25, -0.2) is 0 Å². The van der Waals surface area contributed by atoms with Crippen LogP contribution >= 0.6 is 11.8 Å². The van der Waals surface area contributed by atoms with E-state index in [1.807, 2.05) is 43.1 Å². The van der Waals surface area contributed by atoms with Crippen molar-refractivity contribution in [1.29, 1.82) is 0 Å². The molecule has 1 spiro atoms. The molecule has 4 aliphatic heterocycles. The number of amides is 2. The SMILES string of the molecule is CCCC(C)N1CC=C[C@]23S[C@@H]4C=CCCOC(=O)[C@@H]4[C@H]2C(=O)N([C@@H](CO)[C@@H](C)CC)C3C1=O. The van der Waals surface area contributed by atoms with E-state index < -0.39 is 28.7 Å². The Bertz CT molecular complexity index is 875. The lowest BCUT2D eigenvalue weighted by molar-refractivity contribution is -0.154. The van der Waals surface area contributed by atoms with Crippen LogP contribution in [0.5, 0.6) is 0 Å². The van der Waals surface area contributed by atoms with Crippen molar-refractivity contribution in [3.8, 4) is 0 Å². The lowest BCUT2D eigenvalue weighted by Gasteiger charge is -2.41. The molecule has 1 N–H and O–H groups in total. The van der Waals surface area contributed by atoms with Crippen molar-refractivity contribution in [2.24, 2.45) is 17.8 Å². The first-order chi connectivity index (χ1) is 16.3. The van der Waals surface area contributed by atoms with Gasteiger partial charge in [-0.3, -0.25) is 14.4 Å². The average molecular weight is 491 g/mol. The molecule has 8 atom stereocenters. The molecule has 188 valence electrons. The van der Waals surface area contributed by atoms with Crippen molar-refractivity contribution in [2.45, 2.75) is 81.5 Å². The maximum atomic E-state index is 14.3. The topological polar surface area (TPSA) is 87.2 Å². The molecule has 7 nitrogen and oxygen atoms in total. The molecule has 2 unspecified atom stereocenters. The lowest BCUT2D eigenvalue weighted by Crippen LogP contribution is -2.58. The van der Waals surface area contributed by atoms with Gasteiger partial charge >= 0.3 is 5.97 Å². The van der Waals surface area contributed by atoms with E-state index in [1.165, 1.54) is 0 Å². The Morgan fingerprint density at radius 3 is 2.65 bits per heavy atom. The maximum absolute atomic E-state index is 14.3. The third-order valence-corrected chi connectivity index (χ3v) is 9.92. The number of thioether (sulfide) groups is 1. The van der Waals surface area contributed by atoms with Crippen LogP contribution in [0.2, 0.25) is 0 Å². The summed E-state index contributed by atoms with van der Waals surface area (Å²) >= 11 is 1.56. The highest BCUT2D eigenvalue weighted by Gasteiger charge is 2.72. The average Bonchev–Trinajstić information content (AvgIpc) is 3.18. The smallest absolute Gasteiger partial charge is 0.311 e. The Hall–Kier alpha value is -1.80. The van der Waals surface area contributed by atoms with Crippen LogP contribution in [0, 0.1) is 17.8 Å². The molecule has 0 aromatic carbocycles. The number of hydrogen-bond acceptors (Lipinski definition) is 6. The van der Waals surface area contributed by atoms with Gasteiger partial charge in [0.15, 0.2) is 0 Å². The Labute approximate surface area is 206 Å². The summed E-state index contributed by atoms with van der Waals surface area (Å²) in [7, 11) is 0. The minimum absolute atomic E-state index is 0.0105. The summed E-state index contributed by atoms with van der Waals surface area (Å²) in [6, 6.07) is -1.20. The number of aliphatic hydroxyl groups excluding tert-OH is 1. The number of esters is 1. The third-order valence-electron chi connectivity index (χ3n) is 8.17. The quantitative estimate of drug-likeness (QED) is 0.436. The first kappa shape index (κ1) is 25.3. The van der Waals surface area contributed by atoms with E-state index in [2.05, 4.69) is 13.8 Å². The molecular weight excluding hydrogens is 452 g/mol. The van der Waals surface area contributed by atoms with Gasteiger partial charge in [-0.05, 0) is 25.7 Å². The second kappa shape index (κ2) is 10.1. The molecule has 2 amide bonds. The Kier molecular flexibility index (Phi) is 7.48. The number of rotatable bonds is 7. The van der Waals surface area contributed by atoms with Gasteiger partial charge in [0.05, 0.1) is 35.8 Å². The van der Waals surface area contributed by atoms with Gasteiger partial charge in [-0.2, -0.15) is 0 Å². The molecule has 2 fully saturated rings. The summed E-state index contributed by atoms with van der Waals surface area (Å²) in [5, 5.41) is 10.2. The van der Waals surface area contributed by atoms with Crippen LogP contribution in [-0.2, 0) is 19.1 Å². The fourth-order valence-corrected chi connectivity index (χ4v) is 8.19.